The molecule has 0 heterocycles. The lowest BCUT2D eigenvalue weighted by atomic mass is 9.94. The standard InChI is InChI=1S/C31H35FN2O3/c1-23-10-8-9-15-29(23)37-22-30(35)34(21-25-16-18-26(32)19-17-25)28(20-24-11-4-2-5-12-24)31(36)33-27-13-6-3-7-14-27/h2,4-5,8-12,15-19,27-28H,3,6-7,13-14,20-22H2,1H3,(H,33,36)/t28-/m1/s1. The highest BCUT2D eigenvalue weighted by Crippen LogP contribution is 2.21. The number of nitrogens with one attached hydrogen (secondary N) is 1. The molecule has 0 aliphatic heterocycles. The minimum Gasteiger partial charge on any atom is -0.484 e. The quantitative estimate of drug-likeness (QED) is 0.393. The van der Waals surface area contributed by atoms with Crippen LogP contribution in [0, 0.1) is 12.7 Å². The van der Waals surface area contributed by atoms with Crippen LogP contribution in [0.2, 0.25) is 0 Å². The molecule has 1 N–H and O–H groups in total. The summed E-state index contributed by atoms with van der Waals surface area (Å²) < 4.78 is 19.5. The van der Waals surface area contributed by atoms with Crippen molar-refractivity contribution in [1.29, 1.82) is 0 Å². The molecule has 3 aromatic rings. The lowest BCUT2D eigenvalue weighted by Crippen LogP contribution is -2.53. The number of carbonyl (C=O) groups is 2. The average Bonchev–Trinajstić information content (AvgIpc) is 2.92. The Kier molecular flexibility index (Phi) is 9.30. The summed E-state index contributed by atoms with van der Waals surface area (Å²) in [6.07, 6.45) is 5.65. The number of carbonyl (C=O) groups excluding carboxylic acids is 2. The summed E-state index contributed by atoms with van der Waals surface area (Å²) in [5, 5.41) is 3.22. The third-order valence-corrected chi connectivity index (χ3v) is 6.93. The number of hydrogen-bond acceptors (Lipinski definition) is 3. The first-order valence-electron chi connectivity index (χ1n) is 13.1. The van der Waals surface area contributed by atoms with E-state index in [1.807, 2.05) is 61.5 Å². The fourth-order valence-electron chi connectivity index (χ4n) is 4.83. The van der Waals surface area contributed by atoms with Crippen molar-refractivity contribution >= 4 is 11.8 Å². The molecule has 0 aromatic heterocycles. The Morgan fingerprint density at radius 1 is 0.919 bits per heavy atom. The van der Waals surface area contributed by atoms with E-state index in [-0.39, 0.29) is 36.8 Å². The molecule has 0 bridgehead atoms. The van der Waals surface area contributed by atoms with Gasteiger partial charge in [-0.15, -0.1) is 0 Å². The highest BCUT2D eigenvalue weighted by Gasteiger charge is 2.32. The van der Waals surface area contributed by atoms with Crippen LogP contribution >= 0.6 is 0 Å². The van der Waals surface area contributed by atoms with E-state index in [1.54, 1.807) is 17.0 Å². The van der Waals surface area contributed by atoms with Gasteiger partial charge in [0.2, 0.25) is 5.91 Å². The maximum Gasteiger partial charge on any atom is 0.261 e. The molecule has 1 aliphatic rings. The number of benzene rings is 3. The predicted molar refractivity (Wildman–Crippen MR) is 143 cm³/mol. The summed E-state index contributed by atoms with van der Waals surface area (Å²) >= 11 is 0. The molecule has 4 rings (SSSR count). The highest BCUT2D eigenvalue weighted by atomic mass is 19.1. The first-order chi connectivity index (χ1) is 18.0. The van der Waals surface area contributed by atoms with Gasteiger partial charge in [-0.25, -0.2) is 4.39 Å². The third-order valence-electron chi connectivity index (χ3n) is 6.93. The number of nitrogens with zero attached hydrogens (tertiary/aromatic N) is 1. The van der Waals surface area contributed by atoms with Gasteiger partial charge in [-0.3, -0.25) is 9.59 Å². The number of ether oxygens (including phenoxy) is 1. The minimum absolute atomic E-state index is 0.116. The van der Waals surface area contributed by atoms with Crippen LogP contribution in [-0.2, 0) is 22.6 Å². The summed E-state index contributed by atoms with van der Waals surface area (Å²) in [5.41, 5.74) is 2.63. The van der Waals surface area contributed by atoms with Crippen molar-refractivity contribution in [3.63, 3.8) is 0 Å². The molecular weight excluding hydrogens is 467 g/mol. The monoisotopic (exact) mass is 502 g/mol. The van der Waals surface area contributed by atoms with Crippen LogP contribution < -0.4 is 10.1 Å². The molecule has 0 radical (unpaired) electrons. The van der Waals surface area contributed by atoms with E-state index in [0.29, 0.717) is 12.2 Å². The van der Waals surface area contributed by atoms with Crippen molar-refractivity contribution < 1.29 is 18.7 Å². The van der Waals surface area contributed by atoms with Crippen LogP contribution in [0.25, 0.3) is 0 Å². The number of para-hydroxylation sites is 1. The number of hydrogen-bond donors (Lipinski definition) is 1. The van der Waals surface area contributed by atoms with Gasteiger partial charge in [0.05, 0.1) is 0 Å². The Morgan fingerprint density at radius 3 is 2.30 bits per heavy atom. The van der Waals surface area contributed by atoms with Crippen LogP contribution in [0.4, 0.5) is 4.39 Å². The fourth-order valence-corrected chi connectivity index (χ4v) is 4.83. The Morgan fingerprint density at radius 2 is 1.59 bits per heavy atom. The third kappa shape index (κ3) is 7.66. The van der Waals surface area contributed by atoms with Crippen molar-refractivity contribution in [1.82, 2.24) is 10.2 Å². The van der Waals surface area contributed by atoms with E-state index in [0.717, 1.165) is 42.4 Å². The van der Waals surface area contributed by atoms with Gasteiger partial charge in [0, 0.05) is 19.0 Å². The second-order valence-corrected chi connectivity index (χ2v) is 9.75. The number of rotatable bonds is 10. The summed E-state index contributed by atoms with van der Waals surface area (Å²) in [6.45, 7) is 1.89. The molecule has 3 aromatic carbocycles. The van der Waals surface area contributed by atoms with Gasteiger partial charge in [-0.05, 0) is 54.7 Å². The zero-order valence-electron chi connectivity index (χ0n) is 21.4. The average molecular weight is 503 g/mol. The van der Waals surface area contributed by atoms with Crippen LogP contribution in [-0.4, -0.2) is 35.4 Å². The van der Waals surface area contributed by atoms with Crippen molar-refractivity contribution in [2.45, 2.75) is 64.1 Å². The van der Waals surface area contributed by atoms with Crippen molar-refractivity contribution in [3.8, 4) is 5.75 Å². The van der Waals surface area contributed by atoms with Crippen LogP contribution in [0.5, 0.6) is 5.75 Å². The smallest absolute Gasteiger partial charge is 0.261 e. The van der Waals surface area contributed by atoms with Crippen LogP contribution in [0.1, 0.15) is 48.8 Å². The van der Waals surface area contributed by atoms with Crippen LogP contribution in [0.15, 0.2) is 78.9 Å². The molecule has 37 heavy (non-hydrogen) atoms. The number of halogens is 1. The minimum atomic E-state index is -0.734. The van der Waals surface area contributed by atoms with E-state index in [9.17, 15) is 14.0 Å². The zero-order chi connectivity index (χ0) is 26.0. The summed E-state index contributed by atoms with van der Waals surface area (Å²) in [6, 6.07) is 22.7. The Balaban J connectivity index is 1.61. The lowest BCUT2D eigenvalue weighted by Gasteiger charge is -2.33. The highest BCUT2D eigenvalue weighted by molar-refractivity contribution is 5.88. The van der Waals surface area contributed by atoms with Gasteiger partial charge in [-0.1, -0.05) is 79.9 Å². The Labute approximate surface area is 218 Å². The van der Waals surface area contributed by atoms with E-state index >= 15 is 0 Å². The maximum atomic E-state index is 13.7. The Hall–Kier alpha value is -3.67. The maximum absolute atomic E-state index is 13.7. The number of aryl methyl sites for hydroxylation is 1. The topological polar surface area (TPSA) is 58.6 Å². The molecule has 1 fully saturated rings. The van der Waals surface area contributed by atoms with Gasteiger partial charge in [0.1, 0.15) is 17.6 Å². The molecule has 194 valence electrons. The van der Waals surface area contributed by atoms with E-state index < -0.39 is 6.04 Å². The van der Waals surface area contributed by atoms with Gasteiger partial charge in [0.15, 0.2) is 6.61 Å². The van der Waals surface area contributed by atoms with Crippen molar-refractivity contribution in [2.75, 3.05) is 6.61 Å². The van der Waals surface area contributed by atoms with Gasteiger partial charge >= 0.3 is 0 Å². The second-order valence-electron chi connectivity index (χ2n) is 9.75. The molecular formula is C31H35FN2O3. The molecule has 5 nitrogen and oxygen atoms in total. The SMILES string of the molecule is Cc1ccccc1OCC(=O)N(Cc1ccc(F)cc1)[C@H](Cc1ccccc1)C(=O)NC1CCCCC1. The summed E-state index contributed by atoms with van der Waals surface area (Å²) in [7, 11) is 0. The lowest BCUT2D eigenvalue weighted by molar-refractivity contribution is -0.143. The fraction of sp³-hybridized carbons (Fsp3) is 0.355. The van der Waals surface area contributed by atoms with Gasteiger partial charge in [-0.2, -0.15) is 0 Å². The van der Waals surface area contributed by atoms with Crippen LogP contribution in [0.3, 0.4) is 0 Å². The van der Waals surface area contributed by atoms with E-state index in [1.165, 1.54) is 18.6 Å². The van der Waals surface area contributed by atoms with Crippen molar-refractivity contribution in [3.05, 3.63) is 101 Å². The second kappa shape index (κ2) is 13.0. The summed E-state index contributed by atoms with van der Waals surface area (Å²) in [5.74, 6) is -0.182. The molecule has 0 unspecified atom stereocenters. The normalized spacial score (nSPS) is 14.5. The largest absolute Gasteiger partial charge is 0.484 e. The molecule has 2 amide bonds. The molecule has 1 atom stereocenters. The Bertz CT molecular complexity index is 1160. The van der Waals surface area contributed by atoms with E-state index in [2.05, 4.69) is 5.32 Å². The molecule has 1 aliphatic carbocycles. The molecule has 0 spiro atoms. The zero-order valence-corrected chi connectivity index (χ0v) is 21.4. The first kappa shape index (κ1) is 26.4. The number of amides is 2. The molecule has 6 heteroatoms. The van der Waals surface area contributed by atoms with Crippen molar-refractivity contribution in [2.24, 2.45) is 0 Å². The van der Waals surface area contributed by atoms with E-state index in [4.69, 9.17) is 4.74 Å². The first-order valence-corrected chi connectivity index (χ1v) is 13.1. The molecule has 0 saturated heterocycles. The van der Waals surface area contributed by atoms with Gasteiger partial charge in [0.25, 0.3) is 5.91 Å². The predicted octanol–water partition coefficient (Wildman–Crippen LogP) is 5.60. The van der Waals surface area contributed by atoms with Gasteiger partial charge < -0.3 is 15.0 Å². The molecule has 1 saturated carbocycles. The summed E-state index contributed by atoms with van der Waals surface area (Å²) in [4.78, 5) is 29.0.